The lowest BCUT2D eigenvalue weighted by Gasteiger charge is -2.11. The Hall–Kier alpha value is -1.82. The number of hydrogen-bond donors (Lipinski definition) is 1. The van der Waals surface area contributed by atoms with Crippen molar-refractivity contribution in [3.05, 3.63) is 35.7 Å². The van der Waals surface area contributed by atoms with Gasteiger partial charge in [0.25, 0.3) is 0 Å². The van der Waals surface area contributed by atoms with E-state index in [-0.39, 0.29) is 5.75 Å². The van der Waals surface area contributed by atoms with E-state index in [1.54, 1.807) is 29.8 Å². The van der Waals surface area contributed by atoms with Crippen molar-refractivity contribution >= 4 is 15.5 Å². The zero-order valence-electron chi connectivity index (χ0n) is 12.6. The van der Waals surface area contributed by atoms with Gasteiger partial charge in [-0.25, -0.2) is 13.1 Å². The molecule has 6 heteroatoms. The number of benzene rings is 1. The van der Waals surface area contributed by atoms with Crippen LogP contribution >= 0.6 is 0 Å². The summed E-state index contributed by atoms with van der Waals surface area (Å²) < 4.78 is 26.2. The number of hydrogen-bond acceptors (Lipinski definition) is 4. The summed E-state index contributed by atoms with van der Waals surface area (Å²) in [7, 11) is -3.31. The van der Waals surface area contributed by atoms with Crippen LogP contribution < -0.4 is 5.73 Å². The molecule has 5 nitrogen and oxygen atoms in total. The highest BCUT2D eigenvalue weighted by Gasteiger charge is 2.21. The van der Waals surface area contributed by atoms with E-state index in [0.717, 1.165) is 11.4 Å². The van der Waals surface area contributed by atoms with Gasteiger partial charge in [-0.1, -0.05) is 32.9 Å². The van der Waals surface area contributed by atoms with Crippen molar-refractivity contribution < 1.29 is 8.42 Å². The Morgan fingerprint density at radius 3 is 2.38 bits per heavy atom. The Labute approximate surface area is 125 Å². The van der Waals surface area contributed by atoms with E-state index in [0.29, 0.717) is 29.1 Å². The van der Waals surface area contributed by atoms with Gasteiger partial charge in [-0.3, -0.25) is 0 Å². The van der Waals surface area contributed by atoms with Gasteiger partial charge in [-0.05, 0) is 25.0 Å². The molecule has 0 saturated heterocycles. The first kappa shape index (κ1) is 15.6. The van der Waals surface area contributed by atoms with Crippen molar-refractivity contribution in [1.82, 2.24) is 9.78 Å². The summed E-state index contributed by atoms with van der Waals surface area (Å²) in [6, 6.07) is 6.93. The van der Waals surface area contributed by atoms with Gasteiger partial charge in [-0.2, -0.15) is 5.10 Å². The molecule has 0 spiro atoms. The molecule has 0 radical (unpaired) electrons. The molecule has 0 aliphatic rings. The Kier molecular flexibility index (Phi) is 4.37. The van der Waals surface area contributed by atoms with Gasteiger partial charge < -0.3 is 5.73 Å². The summed E-state index contributed by atoms with van der Waals surface area (Å²) in [6.45, 7) is 5.61. The molecule has 21 heavy (non-hydrogen) atoms. The largest absolute Gasteiger partial charge is 0.396 e. The number of nitrogens with zero attached hydrogens (tertiary/aromatic N) is 2. The Balaban J connectivity index is 2.75. The third-order valence-corrected chi connectivity index (χ3v) is 5.35. The van der Waals surface area contributed by atoms with E-state index < -0.39 is 9.84 Å². The van der Waals surface area contributed by atoms with Crippen molar-refractivity contribution in [3.8, 4) is 5.69 Å². The molecule has 0 bridgehead atoms. The maximum Gasteiger partial charge on any atom is 0.180 e. The number of nitrogen functional groups attached to an aromatic ring is 1. The van der Waals surface area contributed by atoms with Gasteiger partial charge in [0.1, 0.15) is 0 Å². The zero-order chi connectivity index (χ0) is 15.6. The number of anilines is 1. The number of rotatable bonds is 5. The van der Waals surface area contributed by atoms with E-state index in [1.807, 2.05) is 19.9 Å². The second kappa shape index (κ2) is 5.89. The summed E-state index contributed by atoms with van der Waals surface area (Å²) >= 11 is 0. The minimum absolute atomic E-state index is 0.0584. The quantitative estimate of drug-likeness (QED) is 0.920. The Morgan fingerprint density at radius 1 is 1.14 bits per heavy atom. The van der Waals surface area contributed by atoms with E-state index in [1.165, 1.54) is 0 Å². The lowest BCUT2D eigenvalue weighted by atomic mass is 10.2. The summed E-state index contributed by atoms with van der Waals surface area (Å²) in [5.74, 6) is 0.0584. The first-order chi connectivity index (χ1) is 9.96. The molecule has 0 aliphatic carbocycles. The molecule has 0 atom stereocenters. The third kappa shape index (κ3) is 2.68. The van der Waals surface area contributed by atoms with Crippen molar-refractivity contribution in [3.63, 3.8) is 0 Å². The van der Waals surface area contributed by atoms with Crippen LogP contribution in [0.5, 0.6) is 0 Å². The molecule has 0 amide bonds. The van der Waals surface area contributed by atoms with Gasteiger partial charge in [0.2, 0.25) is 0 Å². The lowest BCUT2D eigenvalue weighted by Crippen LogP contribution is -2.11. The van der Waals surface area contributed by atoms with Crippen LogP contribution in [-0.2, 0) is 22.7 Å². The van der Waals surface area contributed by atoms with Crippen molar-refractivity contribution in [2.24, 2.45) is 0 Å². The molecule has 2 rings (SSSR count). The minimum atomic E-state index is -3.31. The summed E-state index contributed by atoms with van der Waals surface area (Å²) in [4.78, 5) is 0.298. The normalized spacial score (nSPS) is 11.8. The second-order valence-corrected chi connectivity index (χ2v) is 7.04. The van der Waals surface area contributed by atoms with Gasteiger partial charge in [0.15, 0.2) is 9.84 Å². The molecule has 1 aromatic heterocycles. The lowest BCUT2D eigenvalue weighted by molar-refractivity contribution is 0.596. The summed E-state index contributed by atoms with van der Waals surface area (Å²) in [5, 5.41) is 4.50. The summed E-state index contributed by atoms with van der Waals surface area (Å²) in [6.07, 6.45) is 1.41. The van der Waals surface area contributed by atoms with Crippen LogP contribution in [0.1, 0.15) is 32.2 Å². The van der Waals surface area contributed by atoms with Crippen molar-refractivity contribution in [1.29, 1.82) is 0 Å². The summed E-state index contributed by atoms with van der Waals surface area (Å²) in [5.41, 5.74) is 9.00. The molecule has 2 aromatic rings. The molecule has 0 unspecified atom stereocenters. The highest BCUT2D eigenvalue weighted by Crippen LogP contribution is 2.26. The van der Waals surface area contributed by atoms with E-state index in [9.17, 15) is 8.42 Å². The van der Waals surface area contributed by atoms with Crippen molar-refractivity contribution in [2.75, 3.05) is 11.5 Å². The predicted molar refractivity (Wildman–Crippen MR) is 84.5 cm³/mol. The van der Waals surface area contributed by atoms with Gasteiger partial charge in [0, 0.05) is 0 Å². The van der Waals surface area contributed by atoms with E-state index in [2.05, 4.69) is 5.10 Å². The van der Waals surface area contributed by atoms with Gasteiger partial charge >= 0.3 is 0 Å². The SMILES string of the molecule is CCc1nn(-c2ccccc2S(=O)(=O)CC)c(CC)c1N. The van der Waals surface area contributed by atoms with Gasteiger partial charge in [0.05, 0.1) is 33.4 Å². The smallest absolute Gasteiger partial charge is 0.180 e. The zero-order valence-corrected chi connectivity index (χ0v) is 13.4. The first-order valence-electron chi connectivity index (χ1n) is 7.14. The number of nitrogens with two attached hydrogens (primary N) is 1. The molecular formula is C15H21N3O2S. The van der Waals surface area contributed by atoms with E-state index >= 15 is 0 Å². The van der Waals surface area contributed by atoms with Crippen LogP contribution in [-0.4, -0.2) is 24.0 Å². The first-order valence-corrected chi connectivity index (χ1v) is 8.79. The highest BCUT2D eigenvalue weighted by atomic mass is 32.2. The van der Waals surface area contributed by atoms with Crippen LogP contribution in [0.3, 0.4) is 0 Å². The fraction of sp³-hybridized carbons (Fsp3) is 0.400. The Morgan fingerprint density at radius 2 is 1.81 bits per heavy atom. The molecule has 0 aliphatic heterocycles. The molecule has 1 aromatic carbocycles. The second-order valence-electron chi connectivity index (χ2n) is 4.80. The molecule has 0 fully saturated rings. The highest BCUT2D eigenvalue weighted by molar-refractivity contribution is 7.91. The van der Waals surface area contributed by atoms with Crippen LogP contribution in [0.4, 0.5) is 5.69 Å². The third-order valence-electron chi connectivity index (χ3n) is 3.58. The fourth-order valence-electron chi connectivity index (χ4n) is 2.37. The topological polar surface area (TPSA) is 78.0 Å². The molecular weight excluding hydrogens is 286 g/mol. The number of sulfone groups is 1. The average molecular weight is 307 g/mol. The molecule has 1 heterocycles. The maximum absolute atomic E-state index is 12.3. The fourth-order valence-corrected chi connectivity index (χ4v) is 3.44. The number of para-hydroxylation sites is 1. The minimum Gasteiger partial charge on any atom is -0.396 e. The van der Waals surface area contributed by atoms with Crippen molar-refractivity contribution in [2.45, 2.75) is 38.5 Å². The van der Waals surface area contributed by atoms with Crippen LogP contribution in [0.25, 0.3) is 5.69 Å². The predicted octanol–water partition coefficient (Wildman–Crippen LogP) is 2.37. The Bertz CT molecular complexity index is 748. The van der Waals surface area contributed by atoms with Gasteiger partial charge in [-0.15, -0.1) is 0 Å². The molecule has 0 saturated carbocycles. The number of aromatic nitrogens is 2. The maximum atomic E-state index is 12.3. The molecule has 2 N–H and O–H groups in total. The van der Waals surface area contributed by atoms with Crippen LogP contribution in [0, 0.1) is 0 Å². The van der Waals surface area contributed by atoms with Crippen LogP contribution in [0.2, 0.25) is 0 Å². The van der Waals surface area contributed by atoms with Crippen LogP contribution in [0.15, 0.2) is 29.2 Å². The monoisotopic (exact) mass is 307 g/mol. The standard InChI is InChI=1S/C15H21N3O2S/c1-4-11-15(16)12(5-2)18(17-11)13-9-7-8-10-14(13)21(19,20)6-3/h7-10H,4-6,16H2,1-3H3. The van der Waals surface area contributed by atoms with E-state index in [4.69, 9.17) is 5.73 Å². The number of aryl methyl sites for hydroxylation is 1. The molecule has 114 valence electrons. The average Bonchev–Trinajstić information content (AvgIpc) is 2.83.